The maximum atomic E-state index is 14.9. The smallest absolute Gasteiger partial charge is 0.111 e. The summed E-state index contributed by atoms with van der Waals surface area (Å²) in [5, 5.41) is 0. The van der Waals surface area contributed by atoms with E-state index in [9.17, 15) is 4.39 Å². The molecule has 1 heteroatoms. The number of benzene rings is 1. The Balaban J connectivity index is 1.76. The Morgan fingerprint density at radius 1 is 0.913 bits per heavy atom. The van der Waals surface area contributed by atoms with Crippen LogP contribution in [0.2, 0.25) is 0 Å². The zero-order valence-corrected chi connectivity index (χ0v) is 15.2. The fourth-order valence-corrected chi connectivity index (χ4v) is 4.01. The van der Waals surface area contributed by atoms with Gasteiger partial charge in [0.2, 0.25) is 0 Å². The van der Waals surface area contributed by atoms with Gasteiger partial charge >= 0.3 is 0 Å². The number of unbranched alkanes of at least 4 members (excludes halogenated alkanes) is 4. The molecule has 0 unspecified atom stereocenters. The first-order valence-corrected chi connectivity index (χ1v) is 9.94. The Bertz CT molecular complexity index is 426. The van der Waals surface area contributed by atoms with Crippen molar-refractivity contribution in [3.63, 3.8) is 0 Å². The summed E-state index contributed by atoms with van der Waals surface area (Å²) in [7, 11) is 0. The van der Waals surface area contributed by atoms with E-state index in [1.807, 2.05) is 0 Å². The predicted octanol–water partition coefficient (Wildman–Crippen LogP) is 7.37. The van der Waals surface area contributed by atoms with E-state index in [2.05, 4.69) is 38.1 Å². The van der Waals surface area contributed by atoms with Crippen LogP contribution in [0.3, 0.4) is 0 Å². The minimum atomic E-state index is -0.870. The Hall–Kier alpha value is -0.850. The fourth-order valence-electron chi connectivity index (χ4n) is 4.01. The third-order valence-electron chi connectivity index (χ3n) is 5.60. The van der Waals surface area contributed by atoms with Gasteiger partial charge in [0.1, 0.15) is 5.67 Å². The van der Waals surface area contributed by atoms with Crippen LogP contribution in [0.5, 0.6) is 0 Å². The molecule has 1 aromatic carbocycles. The predicted molar refractivity (Wildman–Crippen MR) is 98.9 cm³/mol. The molecule has 0 heterocycles. The number of rotatable bonds is 9. The zero-order valence-electron chi connectivity index (χ0n) is 15.2. The molecule has 0 aliphatic heterocycles. The van der Waals surface area contributed by atoms with Gasteiger partial charge in [-0.15, -0.1) is 0 Å². The molecule has 2 rings (SSSR count). The molecule has 1 saturated carbocycles. The first-order valence-electron chi connectivity index (χ1n) is 9.94. The van der Waals surface area contributed by atoms with Gasteiger partial charge in [0.15, 0.2) is 0 Å². The van der Waals surface area contributed by atoms with Crippen LogP contribution in [-0.2, 0) is 6.42 Å². The van der Waals surface area contributed by atoms with Crippen molar-refractivity contribution in [3.05, 3.63) is 35.4 Å². The van der Waals surface area contributed by atoms with E-state index in [4.69, 9.17) is 0 Å². The Morgan fingerprint density at radius 2 is 1.57 bits per heavy atom. The number of alkyl halides is 1. The highest BCUT2D eigenvalue weighted by Crippen LogP contribution is 2.42. The van der Waals surface area contributed by atoms with Gasteiger partial charge in [0, 0.05) is 0 Å². The average Bonchev–Trinajstić information content (AvgIpc) is 2.57. The Kier molecular flexibility index (Phi) is 7.59. The minimum absolute atomic E-state index is 0.578. The van der Waals surface area contributed by atoms with Crippen LogP contribution in [0.1, 0.15) is 102 Å². The quantitative estimate of drug-likeness (QED) is 0.417. The van der Waals surface area contributed by atoms with Crippen LogP contribution in [0.4, 0.5) is 4.39 Å². The standard InChI is InChI=1S/C22H35F/c1-3-5-6-7-8-16-22(23)17-14-21(15-18-22)20-12-10-19(9-4-2)11-13-20/h10-13,21H,3-9,14-18H2,1-2H3. The second-order valence-corrected chi connectivity index (χ2v) is 7.58. The van der Waals surface area contributed by atoms with E-state index in [-0.39, 0.29) is 0 Å². The molecule has 0 spiro atoms. The van der Waals surface area contributed by atoms with Crippen molar-refractivity contribution < 1.29 is 4.39 Å². The summed E-state index contributed by atoms with van der Waals surface area (Å²) in [6.07, 6.45) is 12.9. The molecule has 130 valence electrons. The van der Waals surface area contributed by atoms with Gasteiger partial charge in [-0.3, -0.25) is 0 Å². The third kappa shape index (κ3) is 5.94. The molecular weight excluding hydrogens is 283 g/mol. The van der Waals surface area contributed by atoms with Gasteiger partial charge in [-0.05, 0) is 55.6 Å². The molecule has 1 aliphatic rings. The first kappa shape index (κ1) is 18.5. The van der Waals surface area contributed by atoms with Crippen LogP contribution in [0, 0.1) is 0 Å². The average molecular weight is 319 g/mol. The molecule has 0 saturated heterocycles. The number of hydrogen-bond donors (Lipinski definition) is 0. The Labute approximate surface area is 142 Å². The second kappa shape index (κ2) is 9.45. The van der Waals surface area contributed by atoms with Gasteiger partial charge in [-0.25, -0.2) is 4.39 Å². The lowest BCUT2D eigenvalue weighted by Crippen LogP contribution is -2.28. The SMILES string of the molecule is CCCCCCCC1(F)CCC(c2ccc(CCC)cc2)CC1. The fraction of sp³-hybridized carbons (Fsp3) is 0.727. The van der Waals surface area contributed by atoms with Crippen molar-refractivity contribution in [2.45, 2.75) is 102 Å². The van der Waals surface area contributed by atoms with Crippen LogP contribution < -0.4 is 0 Å². The molecule has 23 heavy (non-hydrogen) atoms. The summed E-state index contributed by atoms with van der Waals surface area (Å²) < 4.78 is 14.9. The molecular formula is C22H35F. The number of halogens is 1. The van der Waals surface area contributed by atoms with Crippen LogP contribution in [0.15, 0.2) is 24.3 Å². The highest BCUT2D eigenvalue weighted by Gasteiger charge is 2.34. The van der Waals surface area contributed by atoms with E-state index in [1.165, 1.54) is 43.2 Å². The molecule has 0 amide bonds. The van der Waals surface area contributed by atoms with E-state index in [1.54, 1.807) is 0 Å². The summed E-state index contributed by atoms with van der Waals surface area (Å²) in [4.78, 5) is 0. The largest absolute Gasteiger partial charge is 0.244 e. The van der Waals surface area contributed by atoms with E-state index in [0.29, 0.717) is 5.92 Å². The summed E-state index contributed by atoms with van der Waals surface area (Å²) >= 11 is 0. The maximum absolute atomic E-state index is 14.9. The van der Waals surface area contributed by atoms with Gasteiger partial charge in [-0.2, -0.15) is 0 Å². The van der Waals surface area contributed by atoms with Crippen molar-refractivity contribution in [1.82, 2.24) is 0 Å². The van der Waals surface area contributed by atoms with Crippen molar-refractivity contribution in [1.29, 1.82) is 0 Å². The van der Waals surface area contributed by atoms with Crippen LogP contribution >= 0.6 is 0 Å². The summed E-state index contributed by atoms with van der Waals surface area (Å²) in [5.74, 6) is 0.578. The van der Waals surface area contributed by atoms with Crippen molar-refractivity contribution >= 4 is 0 Å². The molecule has 0 bridgehead atoms. The summed E-state index contributed by atoms with van der Waals surface area (Å²) in [6.45, 7) is 4.45. The van der Waals surface area contributed by atoms with Gasteiger partial charge in [-0.1, -0.05) is 76.6 Å². The molecule has 1 fully saturated rings. The number of aryl methyl sites for hydroxylation is 1. The van der Waals surface area contributed by atoms with E-state index < -0.39 is 5.67 Å². The Morgan fingerprint density at radius 3 is 2.17 bits per heavy atom. The van der Waals surface area contributed by atoms with Gasteiger partial charge < -0.3 is 0 Å². The summed E-state index contributed by atoms with van der Waals surface area (Å²) in [5.41, 5.74) is 1.99. The van der Waals surface area contributed by atoms with Crippen LogP contribution in [-0.4, -0.2) is 5.67 Å². The highest BCUT2D eigenvalue weighted by molar-refractivity contribution is 5.26. The van der Waals surface area contributed by atoms with Gasteiger partial charge in [0.05, 0.1) is 0 Å². The lowest BCUT2D eigenvalue weighted by Gasteiger charge is -2.34. The topological polar surface area (TPSA) is 0 Å². The molecule has 1 aromatic rings. The number of hydrogen-bond acceptors (Lipinski definition) is 0. The van der Waals surface area contributed by atoms with E-state index >= 15 is 0 Å². The van der Waals surface area contributed by atoms with E-state index in [0.717, 1.165) is 44.9 Å². The highest BCUT2D eigenvalue weighted by atomic mass is 19.1. The first-order chi connectivity index (χ1) is 11.2. The molecule has 0 N–H and O–H groups in total. The molecule has 0 atom stereocenters. The third-order valence-corrected chi connectivity index (χ3v) is 5.60. The zero-order chi connectivity index (χ0) is 16.5. The second-order valence-electron chi connectivity index (χ2n) is 7.58. The normalized spacial score (nSPS) is 24.7. The van der Waals surface area contributed by atoms with Crippen LogP contribution in [0.25, 0.3) is 0 Å². The molecule has 1 aliphatic carbocycles. The lowest BCUT2D eigenvalue weighted by molar-refractivity contribution is 0.0849. The van der Waals surface area contributed by atoms with Crippen molar-refractivity contribution in [3.8, 4) is 0 Å². The maximum Gasteiger partial charge on any atom is 0.111 e. The van der Waals surface area contributed by atoms with Crippen molar-refractivity contribution in [2.75, 3.05) is 0 Å². The lowest BCUT2D eigenvalue weighted by atomic mass is 9.75. The van der Waals surface area contributed by atoms with Gasteiger partial charge in [0.25, 0.3) is 0 Å². The molecule has 0 aromatic heterocycles. The summed E-state index contributed by atoms with van der Waals surface area (Å²) in [6, 6.07) is 9.10. The molecule has 0 radical (unpaired) electrons. The minimum Gasteiger partial charge on any atom is -0.244 e. The monoisotopic (exact) mass is 318 g/mol. The van der Waals surface area contributed by atoms with Crippen molar-refractivity contribution in [2.24, 2.45) is 0 Å². The molecule has 0 nitrogen and oxygen atoms in total.